The number of methoxy groups -OCH3 is 1. The van der Waals surface area contributed by atoms with Crippen molar-refractivity contribution >= 4 is 23.2 Å². The molecule has 0 saturated carbocycles. The largest absolute Gasteiger partial charge is 0.495 e. The molecule has 16 heavy (non-hydrogen) atoms. The van der Waals surface area contributed by atoms with E-state index in [1.54, 1.807) is 12.1 Å². The molecule has 0 bridgehead atoms. The summed E-state index contributed by atoms with van der Waals surface area (Å²) < 4.78 is 5.08. The molecule has 1 aliphatic rings. The van der Waals surface area contributed by atoms with E-state index in [1.165, 1.54) is 7.11 Å². The number of hydrogen-bond donors (Lipinski definition) is 1. The molecule has 4 nitrogen and oxygen atoms in total. The second-order valence-electron chi connectivity index (χ2n) is 3.52. The molecule has 0 aromatic heterocycles. The van der Waals surface area contributed by atoms with E-state index in [0.29, 0.717) is 22.9 Å². The van der Waals surface area contributed by atoms with E-state index in [4.69, 9.17) is 21.6 Å². The molecule has 0 aliphatic carbocycles. The summed E-state index contributed by atoms with van der Waals surface area (Å²) >= 11 is 5.94. The van der Waals surface area contributed by atoms with Crippen molar-refractivity contribution in [2.75, 3.05) is 12.4 Å². The number of ether oxygens (including phenoxy) is 1. The highest BCUT2D eigenvalue weighted by Gasteiger charge is 2.26. The molecule has 0 spiro atoms. The second kappa shape index (κ2) is 4.03. The number of rotatable bonds is 1. The highest BCUT2D eigenvalue weighted by Crippen LogP contribution is 2.34. The van der Waals surface area contributed by atoms with Crippen molar-refractivity contribution in [3.8, 4) is 11.8 Å². The van der Waals surface area contributed by atoms with Crippen LogP contribution in [0.25, 0.3) is 0 Å². The molecule has 1 aromatic rings. The summed E-state index contributed by atoms with van der Waals surface area (Å²) in [6.45, 7) is 0. The van der Waals surface area contributed by atoms with E-state index >= 15 is 0 Å². The normalized spacial score (nSPS) is 18.3. The molecule has 1 heterocycles. The number of amides is 1. The van der Waals surface area contributed by atoms with E-state index in [9.17, 15) is 4.79 Å². The molecule has 1 unspecified atom stereocenters. The minimum absolute atomic E-state index is 0.281. The molecule has 0 saturated heterocycles. The lowest BCUT2D eigenvalue weighted by Gasteiger charge is -2.21. The topological polar surface area (TPSA) is 62.1 Å². The van der Waals surface area contributed by atoms with Crippen LogP contribution >= 0.6 is 11.6 Å². The molecular weight excluding hydrogens is 228 g/mol. The van der Waals surface area contributed by atoms with Gasteiger partial charge in [-0.15, -0.1) is 0 Å². The fraction of sp³-hybridized carbons (Fsp3) is 0.273. The van der Waals surface area contributed by atoms with E-state index < -0.39 is 5.92 Å². The Balaban J connectivity index is 2.45. The first-order valence-electron chi connectivity index (χ1n) is 4.72. The molecule has 2 rings (SSSR count). The summed E-state index contributed by atoms with van der Waals surface area (Å²) in [4.78, 5) is 11.4. The number of halogens is 1. The van der Waals surface area contributed by atoms with Crippen LogP contribution in [0.15, 0.2) is 12.1 Å². The van der Waals surface area contributed by atoms with Gasteiger partial charge in [0.2, 0.25) is 5.91 Å². The number of benzene rings is 1. The first-order valence-corrected chi connectivity index (χ1v) is 5.10. The Morgan fingerprint density at radius 3 is 3.00 bits per heavy atom. The number of fused-ring (bicyclic) bond motifs is 1. The molecule has 0 radical (unpaired) electrons. The predicted molar refractivity (Wildman–Crippen MR) is 59.4 cm³/mol. The summed E-state index contributed by atoms with van der Waals surface area (Å²) in [5.74, 6) is -0.372. The maximum absolute atomic E-state index is 11.4. The summed E-state index contributed by atoms with van der Waals surface area (Å²) in [7, 11) is 1.52. The van der Waals surface area contributed by atoms with Crippen molar-refractivity contribution in [3.05, 3.63) is 22.7 Å². The van der Waals surface area contributed by atoms with Crippen molar-refractivity contribution in [3.63, 3.8) is 0 Å². The smallest absolute Gasteiger partial charge is 0.242 e. The van der Waals surface area contributed by atoms with Crippen LogP contribution in [0.1, 0.15) is 5.56 Å². The molecule has 1 aliphatic heterocycles. The van der Waals surface area contributed by atoms with Crippen LogP contribution in [0.2, 0.25) is 5.02 Å². The number of anilines is 1. The third kappa shape index (κ3) is 1.70. The maximum Gasteiger partial charge on any atom is 0.242 e. The number of carbonyl (C=O) groups is 1. The number of hydrogen-bond acceptors (Lipinski definition) is 3. The molecule has 1 N–H and O–H groups in total. The summed E-state index contributed by atoms with van der Waals surface area (Å²) in [6, 6.07) is 5.35. The van der Waals surface area contributed by atoms with E-state index in [-0.39, 0.29) is 5.91 Å². The molecule has 1 amide bonds. The Morgan fingerprint density at radius 1 is 1.62 bits per heavy atom. The van der Waals surface area contributed by atoms with Gasteiger partial charge in [-0.2, -0.15) is 5.26 Å². The Bertz CT molecular complexity index is 493. The zero-order valence-electron chi connectivity index (χ0n) is 8.58. The third-order valence-electron chi connectivity index (χ3n) is 2.53. The lowest BCUT2D eigenvalue weighted by Crippen LogP contribution is -2.28. The van der Waals surface area contributed by atoms with Gasteiger partial charge < -0.3 is 10.1 Å². The van der Waals surface area contributed by atoms with Gasteiger partial charge in [-0.3, -0.25) is 4.79 Å². The lowest BCUT2D eigenvalue weighted by atomic mass is 9.94. The second-order valence-corrected chi connectivity index (χ2v) is 3.93. The maximum atomic E-state index is 11.4. The molecule has 5 heteroatoms. The van der Waals surface area contributed by atoms with Gasteiger partial charge in [0.25, 0.3) is 0 Å². The van der Waals surface area contributed by atoms with Crippen molar-refractivity contribution in [2.24, 2.45) is 5.92 Å². The third-order valence-corrected chi connectivity index (χ3v) is 2.83. The summed E-state index contributed by atoms with van der Waals surface area (Å²) in [6.07, 6.45) is 0.394. The van der Waals surface area contributed by atoms with Gasteiger partial charge in [0.1, 0.15) is 11.7 Å². The predicted octanol–water partition coefficient (Wildman–Crippen LogP) is 1.98. The highest BCUT2D eigenvalue weighted by atomic mass is 35.5. The Labute approximate surface area is 97.8 Å². The van der Waals surface area contributed by atoms with Crippen LogP contribution in [-0.2, 0) is 11.2 Å². The van der Waals surface area contributed by atoms with Crippen molar-refractivity contribution < 1.29 is 9.53 Å². The van der Waals surface area contributed by atoms with Crippen LogP contribution in [0.4, 0.5) is 5.69 Å². The van der Waals surface area contributed by atoms with Crippen LogP contribution in [0, 0.1) is 17.2 Å². The van der Waals surface area contributed by atoms with Crippen molar-refractivity contribution in [1.29, 1.82) is 5.26 Å². The highest BCUT2D eigenvalue weighted by molar-refractivity contribution is 6.32. The van der Waals surface area contributed by atoms with Gasteiger partial charge in [-0.05, 0) is 24.1 Å². The first-order chi connectivity index (χ1) is 7.65. The first kappa shape index (κ1) is 10.8. The molecule has 1 aromatic carbocycles. The Morgan fingerprint density at radius 2 is 2.38 bits per heavy atom. The monoisotopic (exact) mass is 236 g/mol. The summed E-state index contributed by atoms with van der Waals surface area (Å²) in [5, 5.41) is 11.9. The van der Waals surface area contributed by atoms with E-state index in [1.807, 2.05) is 6.07 Å². The summed E-state index contributed by atoms with van der Waals surface area (Å²) in [5.41, 5.74) is 1.52. The average Bonchev–Trinajstić information content (AvgIpc) is 2.27. The Hall–Kier alpha value is -1.73. The molecular formula is C11H9ClN2O2. The molecule has 0 fully saturated rings. The van der Waals surface area contributed by atoms with Crippen LogP contribution in [0.3, 0.4) is 0 Å². The lowest BCUT2D eigenvalue weighted by molar-refractivity contribution is -0.118. The minimum atomic E-state index is -0.640. The fourth-order valence-corrected chi connectivity index (χ4v) is 1.91. The Kier molecular flexibility index (Phi) is 2.71. The minimum Gasteiger partial charge on any atom is -0.495 e. The molecule has 82 valence electrons. The number of carbonyl (C=O) groups excluding carboxylic acids is 1. The van der Waals surface area contributed by atoms with Gasteiger partial charge in [0.15, 0.2) is 0 Å². The van der Waals surface area contributed by atoms with Gasteiger partial charge in [-0.25, -0.2) is 0 Å². The number of nitrogens with one attached hydrogen (secondary N) is 1. The van der Waals surface area contributed by atoms with Crippen molar-refractivity contribution in [2.45, 2.75) is 6.42 Å². The number of nitriles is 1. The SMILES string of the molecule is COc1cc2c(cc1Cl)NC(=O)C(C#N)C2. The average molecular weight is 237 g/mol. The van der Waals surface area contributed by atoms with Gasteiger partial charge in [0, 0.05) is 5.69 Å². The van der Waals surface area contributed by atoms with Crippen molar-refractivity contribution in [1.82, 2.24) is 0 Å². The van der Waals surface area contributed by atoms with Gasteiger partial charge >= 0.3 is 0 Å². The quantitative estimate of drug-likeness (QED) is 0.811. The zero-order valence-corrected chi connectivity index (χ0v) is 9.34. The number of nitrogens with zero attached hydrogens (tertiary/aromatic N) is 1. The fourth-order valence-electron chi connectivity index (χ4n) is 1.67. The van der Waals surface area contributed by atoms with Gasteiger partial charge in [-0.1, -0.05) is 11.6 Å². The van der Waals surface area contributed by atoms with E-state index in [2.05, 4.69) is 5.32 Å². The van der Waals surface area contributed by atoms with Gasteiger partial charge in [0.05, 0.1) is 18.2 Å². The van der Waals surface area contributed by atoms with E-state index in [0.717, 1.165) is 5.56 Å². The van der Waals surface area contributed by atoms with Crippen LogP contribution in [0.5, 0.6) is 5.75 Å². The van der Waals surface area contributed by atoms with Crippen LogP contribution in [-0.4, -0.2) is 13.0 Å². The standard InChI is InChI=1S/C11H9ClN2O2/c1-16-10-3-6-2-7(5-13)11(15)14-9(6)4-8(10)12/h3-4,7H,2H2,1H3,(H,14,15). The zero-order chi connectivity index (χ0) is 11.7. The van der Waals surface area contributed by atoms with Crippen LogP contribution < -0.4 is 10.1 Å². The molecule has 1 atom stereocenters.